The Morgan fingerprint density at radius 1 is 1.16 bits per heavy atom. The van der Waals surface area contributed by atoms with E-state index in [1.54, 1.807) is 11.3 Å². The van der Waals surface area contributed by atoms with E-state index in [9.17, 15) is 8.78 Å². The fourth-order valence-electron chi connectivity index (χ4n) is 1.80. The minimum atomic E-state index is -0.521. The standard InChI is InChI=1S/C14H14BrF2NS/c1-9-14(15)7-13(19-9)8-18-3-2-10-4-11(16)6-12(17)5-10/h4-7,18H,2-3,8H2,1H3. The van der Waals surface area contributed by atoms with E-state index in [1.807, 2.05) is 0 Å². The van der Waals surface area contributed by atoms with Gasteiger partial charge in [-0.3, -0.25) is 0 Å². The molecule has 5 heteroatoms. The Hall–Kier alpha value is -0.780. The lowest BCUT2D eigenvalue weighted by atomic mass is 10.1. The first kappa shape index (κ1) is 14.6. The Bertz CT molecular complexity index is 529. The molecule has 19 heavy (non-hydrogen) atoms. The number of halogens is 3. The van der Waals surface area contributed by atoms with Crippen LogP contribution in [0.2, 0.25) is 0 Å². The summed E-state index contributed by atoms with van der Waals surface area (Å²) in [5.41, 5.74) is 0.675. The molecule has 1 aromatic carbocycles. The first-order chi connectivity index (χ1) is 9.04. The second-order valence-corrected chi connectivity index (χ2v) is 6.52. The number of hydrogen-bond acceptors (Lipinski definition) is 2. The summed E-state index contributed by atoms with van der Waals surface area (Å²) in [6.45, 7) is 3.53. The van der Waals surface area contributed by atoms with Crippen molar-refractivity contribution in [2.24, 2.45) is 0 Å². The highest BCUT2D eigenvalue weighted by atomic mass is 79.9. The molecule has 102 valence electrons. The molecule has 0 amide bonds. The van der Waals surface area contributed by atoms with Crippen molar-refractivity contribution in [3.05, 3.63) is 55.7 Å². The van der Waals surface area contributed by atoms with E-state index in [0.717, 1.165) is 17.1 Å². The maximum atomic E-state index is 13.0. The van der Waals surface area contributed by atoms with Gasteiger partial charge in [0.1, 0.15) is 11.6 Å². The van der Waals surface area contributed by atoms with Crippen molar-refractivity contribution in [2.45, 2.75) is 19.9 Å². The van der Waals surface area contributed by atoms with Crippen LogP contribution in [0.25, 0.3) is 0 Å². The summed E-state index contributed by atoms with van der Waals surface area (Å²) in [5.74, 6) is -1.04. The monoisotopic (exact) mass is 345 g/mol. The predicted molar refractivity (Wildman–Crippen MR) is 78.5 cm³/mol. The Morgan fingerprint density at radius 3 is 2.42 bits per heavy atom. The summed E-state index contributed by atoms with van der Waals surface area (Å²) in [6.07, 6.45) is 0.611. The molecule has 0 bridgehead atoms. The summed E-state index contributed by atoms with van der Waals surface area (Å²) in [6, 6.07) is 5.73. The Balaban J connectivity index is 1.80. The molecule has 0 spiro atoms. The number of thiophene rings is 1. The van der Waals surface area contributed by atoms with Gasteiger partial charge in [-0.05, 0) is 59.6 Å². The molecule has 2 rings (SSSR count). The van der Waals surface area contributed by atoms with E-state index in [4.69, 9.17) is 0 Å². The fraction of sp³-hybridized carbons (Fsp3) is 0.286. The molecule has 0 fully saturated rings. The number of hydrogen-bond donors (Lipinski definition) is 1. The molecule has 1 heterocycles. The van der Waals surface area contributed by atoms with Gasteiger partial charge in [-0.1, -0.05) is 0 Å². The van der Waals surface area contributed by atoms with E-state index in [-0.39, 0.29) is 0 Å². The van der Waals surface area contributed by atoms with Crippen LogP contribution in [0.5, 0.6) is 0 Å². The molecule has 1 nitrogen and oxygen atoms in total. The van der Waals surface area contributed by atoms with E-state index in [1.165, 1.54) is 21.9 Å². The third kappa shape index (κ3) is 4.37. The highest BCUT2D eigenvalue weighted by molar-refractivity contribution is 9.10. The van der Waals surface area contributed by atoms with Crippen LogP contribution in [0.1, 0.15) is 15.3 Å². The molecule has 1 aromatic heterocycles. The molecule has 0 saturated carbocycles. The van der Waals surface area contributed by atoms with Crippen molar-refractivity contribution < 1.29 is 8.78 Å². The molecule has 0 aliphatic rings. The lowest BCUT2D eigenvalue weighted by molar-refractivity contribution is 0.577. The van der Waals surface area contributed by atoms with Crippen LogP contribution in [0.3, 0.4) is 0 Å². The fourth-order valence-corrected chi connectivity index (χ4v) is 3.38. The first-order valence-electron chi connectivity index (χ1n) is 5.95. The maximum absolute atomic E-state index is 13.0. The van der Waals surface area contributed by atoms with Gasteiger partial charge >= 0.3 is 0 Å². The van der Waals surface area contributed by atoms with Crippen LogP contribution in [0.4, 0.5) is 8.78 Å². The second-order valence-electron chi connectivity index (χ2n) is 4.32. The summed E-state index contributed by atoms with van der Waals surface area (Å²) >= 11 is 5.21. The van der Waals surface area contributed by atoms with Gasteiger partial charge in [-0.25, -0.2) is 8.78 Å². The van der Waals surface area contributed by atoms with Gasteiger partial charge in [0, 0.05) is 26.8 Å². The molecule has 0 unspecified atom stereocenters. The van der Waals surface area contributed by atoms with Gasteiger partial charge in [-0.15, -0.1) is 11.3 Å². The topological polar surface area (TPSA) is 12.0 Å². The minimum absolute atomic E-state index is 0.521. The Morgan fingerprint density at radius 2 is 1.84 bits per heavy atom. The average Bonchev–Trinajstić information content (AvgIpc) is 2.63. The van der Waals surface area contributed by atoms with Crippen molar-refractivity contribution in [3.63, 3.8) is 0 Å². The van der Waals surface area contributed by atoms with Crippen LogP contribution in [-0.2, 0) is 13.0 Å². The predicted octanol–water partition coefficient (Wildman–Crippen LogP) is 4.43. The zero-order valence-electron chi connectivity index (χ0n) is 10.5. The van der Waals surface area contributed by atoms with Gasteiger partial charge in [0.05, 0.1) is 0 Å². The Kier molecular flexibility index (Phi) is 5.07. The van der Waals surface area contributed by atoms with Crippen molar-refractivity contribution in [2.75, 3.05) is 6.54 Å². The third-order valence-corrected chi connectivity index (χ3v) is 4.86. The molecule has 0 saturated heterocycles. The second kappa shape index (κ2) is 6.59. The summed E-state index contributed by atoms with van der Waals surface area (Å²) in [7, 11) is 0. The lowest BCUT2D eigenvalue weighted by Crippen LogP contribution is -2.16. The van der Waals surface area contributed by atoms with Gasteiger partial charge in [0.2, 0.25) is 0 Å². The molecule has 0 radical (unpaired) electrons. The maximum Gasteiger partial charge on any atom is 0.126 e. The van der Waals surface area contributed by atoms with Crippen LogP contribution in [0.15, 0.2) is 28.7 Å². The van der Waals surface area contributed by atoms with Crippen molar-refractivity contribution >= 4 is 27.3 Å². The third-order valence-electron chi connectivity index (χ3n) is 2.72. The average molecular weight is 346 g/mol. The van der Waals surface area contributed by atoms with Crippen LogP contribution in [-0.4, -0.2) is 6.54 Å². The number of rotatable bonds is 5. The SMILES string of the molecule is Cc1sc(CNCCc2cc(F)cc(F)c2)cc1Br. The smallest absolute Gasteiger partial charge is 0.126 e. The molecule has 0 atom stereocenters. The zero-order valence-corrected chi connectivity index (χ0v) is 12.9. The summed E-state index contributed by atoms with van der Waals surface area (Å²) in [5, 5.41) is 3.27. The summed E-state index contributed by atoms with van der Waals surface area (Å²) < 4.78 is 27.1. The Labute approximate surface area is 123 Å². The molecule has 0 aliphatic carbocycles. The molecule has 1 N–H and O–H groups in total. The van der Waals surface area contributed by atoms with Crippen LogP contribution < -0.4 is 5.32 Å². The van der Waals surface area contributed by atoms with Gasteiger partial charge in [0.15, 0.2) is 0 Å². The van der Waals surface area contributed by atoms with Crippen LogP contribution in [0, 0.1) is 18.6 Å². The van der Waals surface area contributed by atoms with Gasteiger partial charge < -0.3 is 5.32 Å². The quantitative estimate of drug-likeness (QED) is 0.790. The summed E-state index contributed by atoms with van der Waals surface area (Å²) in [4.78, 5) is 2.50. The lowest BCUT2D eigenvalue weighted by Gasteiger charge is -2.04. The normalized spacial score (nSPS) is 10.9. The minimum Gasteiger partial charge on any atom is -0.312 e. The van der Waals surface area contributed by atoms with Crippen LogP contribution >= 0.6 is 27.3 Å². The number of aryl methyl sites for hydroxylation is 1. The molecular formula is C14H14BrF2NS. The van der Waals surface area contributed by atoms with Crippen molar-refractivity contribution in [1.29, 1.82) is 0 Å². The molecule has 0 aliphatic heterocycles. The zero-order chi connectivity index (χ0) is 13.8. The van der Waals surface area contributed by atoms with E-state index >= 15 is 0 Å². The highest BCUT2D eigenvalue weighted by Gasteiger charge is 2.03. The van der Waals surface area contributed by atoms with E-state index < -0.39 is 11.6 Å². The molecule has 2 aromatic rings. The van der Waals surface area contributed by atoms with Crippen molar-refractivity contribution in [1.82, 2.24) is 5.32 Å². The van der Waals surface area contributed by atoms with E-state index in [0.29, 0.717) is 18.5 Å². The van der Waals surface area contributed by atoms with Crippen molar-refractivity contribution in [3.8, 4) is 0 Å². The number of benzene rings is 1. The highest BCUT2D eigenvalue weighted by Crippen LogP contribution is 2.26. The van der Waals surface area contributed by atoms with E-state index in [2.05, 4.69) is 34.2 Å². The largest absolute Gasteiger partial charge is 0.312 e. The number of nitrogens with one attached hydrogen (secondary N) is 1. The van der Waals surface area contributed by atoms with Gasteiger partial charge in [-0.2, -0.15) is 0 Å². The molecular weight excluding hydrogens is 332 g/mol. The first-order valence-corrected chi connectivity index (χ1v) is 7.56. The van der Waals surface area contributed by atoms with Gasteiger partial charge in [0.25, 0.3) is 0 Å².